The fourth-order valence-corrected chi connectivity index (χ4v) is 2.74. The second kappa shape index (κ2) is 6.23. The monoisotopic (exact) mass is 266 g/mol. The Morgan fingerprint density at radius 2 is 1.00 bits per heavy atom. The molecule has 0 saturated heterocycles. The molecule has 0 spiro atoms. The van der Waals surface area contributed by atoms with Crippen molar-refractivity contribution in [3.8, 4) is 0 Å². The predicted octanol–water partition coefficient (Wildman–Crippen LogP) is 6.18. The molecule has 0 aromatic rings. The summed E-state index contributed by atoms with van der Waals surface area (Å²) in [7, 11) is 1.29. The molecule has 114 valence electrons. The smallest absolute Gasteiger partial charge is 0.0893 e. The Kier molecular flexibility index (Phi) is 6.25. The predicted molar refractivity (Wildman–Crippen MR) is 92.5 cm³/mol. The summed E-state index contributed by atoms with van der Waals surface area (Å²) in [4.78, 5) is 0. The summed E-state index contributed by atoms with van der Waals surface area (Å²) < 4.78 is 0. The van der Waals surface area contributed by atoms with E-state index in [4.69, 9.17) is 0 Å². The van der Waals surface area contributed by atoms with Crippen molar-refractivity contribution in [2.45, 2.75) is 94.7 Å². The second-order valence-corrected chi connectivity index (χ2v) is 9.14. The average Bonchev–Trinajstić information content (AvgIpc) is 2.26. The van der Waals surface area contributed by atoms with Gasteiger partial charge in [0.2, 0.25) is 0 Å². The van der Waals surface area contributed by atoms with Crippen LogP contribution < -0.4 is 0 Å². The van der Waals surface area contributed by atoms with Crippen LogP contribution in [0.25, 0.3) is 0 Å². The first kappa shape index (κ1) is 19.1. The molecule has 0 saturated carbocycles. The Labute approximate surface area is 124 Å². The minimum Gasteiger partial charge on any atom is -0.0893 e. The zero-order valence-electron chi connectivity index (χ0n) is 15.5. The number of hydrogen-bond donors (Lipinski definition) is 0. The van der Waals surface area contributed by atoms with Crippen LogP contribution in [-0.4, -0.2) is 7.28 Å². The van der Waals surface area contributed by atoms with Crippen LogP contribution in [0.2, 0.25) is 13.1 Å². The van der Waals surface area contributed by atoms with E-state index in [1.807, 2.05) is 0 Å². The molecule has 0 radical (unpaired) electrons. The Balaban J connectivity index is 4.80. The lowest BCUT2D eigenvalue weighted by molar-refractivity contribution is 0.0457. The van der Waals surface area contributed by atoms with Gasteiger partial charge in [0.25, 0.3) is 0 Å². The lowest BCUT2D eigenvalue weighted by Gasteiger charge is -2.47. The van der Waals surface area contributed by atoms with E-state index in [9.17, 15) is 0 Å². The molecule has 0 atom stereocenters. The van der Waals surface area contributed by atoms with E-state index in [1.54, 1.807) is 0 Å². The van der Waals surface area contributed by atoms with Gasteiger partial charge in [-0.1, -0.05) is 81.9 Å². The van der Waals surface area contributed by atoms with Gasteiger partial charge in [0, 0.05) is 0 Å². The van der Waals surface area contributed by atoms with Gasteiger partial charge < -0.3 is 0 Å². The van der Waals surface area contributed by atoms with Gasteiger partial charge in [-0.15, -0.1) is 0 Å². The van der Waals surface area contributed by atoms with Gasteiger partial charge in [0.15, 0.2) is 0 Å². The van der Waals surface area contributed by atoms with Crippen molar-refractivity contribution < 1.29 is 0 Å². The lowest BCUT2D eigenvalue weighted by atomic mass is 9.53. The standard InChI is InChI=1S/C18H39B/c1-11-15(2,3)16(4,5)12-13-17(6,7)18(8,9)14-19-10/h19H,11-14H2,1-10H3. The molecule has 0 aromatic carbocycles. The first-order valence-corrected chi connectivity index (χ1v) is 8.33. The van der Waals surface area contributed by atoms with E-state index in [1.165, 1.54) is 32.9 Å². The topological polar surface area (TPSA) is 0 Å². The first-order valence-electron chi connectivity index (χ1n) is 8.33. The zero-order chi connectivity index (χ0) is 15.5. The molecule has 0 N–H and O–H groups in total. The largest absolute Gasteiger partial charge is 0.118 e. The van der Waals surface area contributed by atoms with Crippen LogP contribution in [0.4, 0.5) is 0 Å². The maximum atomic E-state index is 2.47. The molecule has 0 unspecified atom stereocenters. The fourth-order valence-electron chi connectivity index (χ4n) is 2.74. The third kappa shape index (κ3) is 4.53. The van der Waals surface area contributed by atoms with Crippen LogP contribution in [0.5, 0.6) is 0 Å². The summed E-state index contributed by atoms with van der Waals surface area (Å²) in [6.45, 7) is 24.3. The van der Waals surface area contributed by atoms with Gasteiger partial charge in [-0.3, -0.25) is 0 Å². The van der Waals surface area contributed by atoms with Gasteiger partial charge in [0.05, 0.1) is 0 Å². The van der Waals surface area contributed by atoms with E-state index in [0.29, 0.717) is 21.7 Å². The zero-order valence-corrected chi connectivity index (χ0v) is 15.5. The maximum Gasteiger partial charge on any atom is 0.118 e. The summed E-state index contributed by atoms with van der Waals surface area (Å²) in [5.74, 6) is 0. The highest BCUT2D eigenvalue weighted by Crippen LogP contribution is 2.50. The van der Waals surface area contributed by atoms with Crippen LogP contribution in [0.15, 0.2) is 0 Å². The third-order valence-corrected chi connectivity index (χ3v) is 6.80. The summed E-state index contributed by atoms with van der Waals surface area (Å²) in [6, 6.07) is 0. The van der Waals surface area contributed by atoms with E-state index in [0.717, 1.165) is 0 Å². The third-order valence-electron chi connectivity index (χ3n) is 6.80. The van der Waals surface area contributed by atoms with Gasteiger partial charge in [0.1, 0.15) is 7.28 Å². The maximum absolute atomic E-state index is 2.47. The molecule has 0 aliphatic rings. The minimum atomic E-state index is 0.418. The van der Waals surface area contributed by atoms with Crippen LogP contribution in [0, 0.1) is 21.7 Å². The van der Waals surface area contributed by atoms with Crippen molar-refractivity contribution in [2.24, 2.45) is 21.7 Å². The normalized spacial score (nSPS) is 14.6. The van der Waals surface area contributed by atoms with E-state index in [-0.39, 0.29) is 0 Å². The van der Waals surface area contributed by atoms with Crippen molar-refractivity contribution in [3.05, 3.63) is 0 Å². The molecule has 0 aliphatic heterocycles. The molecule has 0 rings (SSSR count). The first-order chi connectivity index (χ1) is 8.33. The molecule has 0 heterocycles. The van der Waals surface area contributed by atoms with E-state index < -0.39 is 0 Å². The average molecular weight is 266 g/mol. The Morgan fingerprint density at radius 3 is 1.32 bits per heavy atom. The molecule has 0 fully saturated rings. The molecule has 0 nitrogen and oxygen atoms in total. The SMILES string of the molecule is CBCC(C)(C)C(C)(C)CCC(C)(C)C(C)(C)CC. The van der Waals surface area contributed by atoms with Crippen molar-refractivity contribution in [1.29, 1.82) is 0 Å². The highest BCUT2D eigenvalue weighted by molar-refractivity contribution is 6.33. The minimum absolute atomic E-state index is 0.418. The highest BCUT2D eigenvalue weighted by atomic mass is 14.4. The summed E-state index contributed by atoms with van der Waals surface area (Å²) in [6.07, 6.45) is 5.25. The molecular weight excluding hydrogens is 227 g/mol. The lowest BCUT2D eigenvalue weighted by Crippen LogP contribution is -2.37. The van der Waals surface area contributed by atoms with Crippen molar-refractivity contribution in [1.82, 2.24) is 0 Å². The van der Waals surface area contributed by atoms with Crippen LogP contribution >= 0.6 is 0 Å². The summed E-state index contributed by atoms with van der Waals surface area (Å²) >= 11 is 0. The second-order valence-electron chi connectivity index (χ2n) is 9.14. The van der Waals surface area contributed by atoms with Gasteiger partial charge in [-0.2, -0.15) is 0 Å². The molecule has 0 aromatic heterocycles. The Morgan fingerprint density at radius 1 is 0.632 bits per heavy atom. The van der Waals surface area contributed by atoms with Crippen LogP contribution in [-0.2, 0) is 0 Å². The van der Waals surface area contributed by atoms with Gasteiger partial charge in [-0.05, 0) is 34.5 Å². The highest BCUT2D eigenvalue weighted by Gasteiger charge is 2.40. The van der Waals surface area contributed by atoms with E-state index in [2.05, 4.69) is 69.1 Å². The van der Waals surface area contributed by atoms with Gasteiger partial charge in [-0.25, -0.2) is 0 Å². The summed E-state index contributed by atoms with van der Waals surface area (Å²) in [5.41, 5.74) is 1.71. The fraction of sp³-hybridized carbons (Fsp3) is 1.00. The van der Waals surface area contributed by atoms with Crippen molar-refractivity contribution in [3.63, 3.8) is 0 Å². The quantitative estimate of drug-likeness (QED) is 0.460. The number of rotatable bonds is 8. The number of hydrogen-bond acceptors (Lipinski definition) is 0. The summed E-state index contributed by atoms with van der Waals surface area (Å²) in [5, 5.41) is 0. The molecule has 0 amide bonds. The van der Waals surface area contributed by atoms with E-state index >= 15 is 0 Å². The molecular formula is C18H39B. The molecule has 0 aliphatic carbocycles. The Bertz CT molecular complexity index is 271. The molecule has 0 bridgehead atoms. The molecule has 19 heavy (non-hydrogen) atoms. The van der Waals surface area contributed by atoms with Crippen molar-refractivity contribution >= 4 is 7.28 Å². The molecule has 1 heteroatoms. The van der Waals surface area contributed by atoms with Gasteiger partial charge >= 0.3 is 0 Å². The van der Waals surface area contributed by atoms with Crippen LogP contribution in [0.3, 0.4) is 0 Å². The Hall–Kier alpha value is 0.0649. The van der Waals surface area contributed by atoms with Crippen LogP contribution in [0.1, 0.15) is 81.6 Å². The van der Waals surface area contributed by atoms with Crippen molar-refractivity contribution in [2.75, 3.05) is 0 Å².